The first-order valence-electron chi connectivity index (χ1n) is 6.72. The molecule has 2 N–H and O–H groups in total. The van der Waals surface area contributed by atoms with Gasteiger partial charge in [0, 0.05) is 24.3 Å². The van der Waals surface area contributed by atoms with Gasteiger partial charge in [-0.2, -0.15) is 0 Å². The lowest BCUT2D eigenvalue weighted by Crippen LogP contribution is -2.33. The highest BCUT2D eigenvalue weighted by Gasteiger charge is 2.26. The molecule has 2 heteroatoms. The first kappa shape index (κ1) is 12.4. The molecule has 0 radical (unpaired) electrons. The SMILES string of the molecule is CC(C)C1CCCN1c1ccc([C@@H](C)N)cc1. The zero-order valence-corrected chi connectivity index (χ0v) is 11.2. The lowest BCUT2D eigenvalue weighted by molar-refractivity contribution is 0.492. The zero-order valence-electron chi connectivity index (χ0n) is 11.2. The van der Waals surface area contributed by atoms with Crippen LogP contribution in [-0.2, 0) is 0 Å². The van der Waals surface area contributed by atoms with Crippen LogP contribution < -0.4 is 10.6 Å². The molecule has 1 aromatic carbocycles. The van der Waals surface area contributed by atoms with Gasteiger partial charge in [0.05, 0.1) is 0 Å². The smallest absolute Gasteiger partial charge is 0.0369 e. The molecule has 2 rings (SSSR count). The summed E-state index contributed by atoms with van der Waals surface area (Å²) in [5, 5.41) is 0. The molecule has 2 nitrogen and oxygen atoms in total. The van der Waals surface area contributed by atoms with E-state index < -0.39 is 0 Å². The lowest BCUT2D eigenvalue weighted by Gasteiger charge is -2.30. The van der Waals surface area contributed by atoms with Crippen LogP contribution in [0.5, 0.6) is 0 Å². The van der Waals surface area contributed by atoms with Gasteiger partial charge in [-0.1, -0.05) is 26.0 Å². The lowest BCUT2D eigenvalue weighted by atomic mass is 10.0. The predicted molar refractivity (Wildman–Crippen MR) is 74.3 cm³/mol. The van der Waals surface area contributed by atoms with Crippen LogP contribution in [0.2, 0.25) is 0 Å². The summed E-state index contributed by atoms with van der Waals surface area (Å²) in [6, 6.07) is 9.60. The zero-order chi connectivity index (χ0) is 12.4. The Bertz CT molecular complexity index is 354. The van der Waals surface area contributed by atoms with Gasteiger partial charge in [-0.25, -0.2) is 0 Å². The number of nitrogens with two attached hydrogens (primary N) is 1. The Hall–Kier alpha value is -1.02. The Morgan fingerprint density at radius 3 is 2.35 bits per heavy atom. The van der Waals surface area contributed by atoms with Gasteiger partial charge in [-0.05, 0) is 43.4 Å². The van der Waals surface area contributed by atoms with Crippen molar-refractivity contribution in [3.05, 3.63) is 29.8 Å². The molecule has 17 heavy (non-hydrogen) atoms. The molecule has 0 aromatic heterocycles. The summed E-state index contributed by atoms with van der Waals surface area (Å²) in [4.78, 5) is 2.55. The molecule has 1 heterocycles. The molecule has 1 aliphatic rings. The molecular weight excluding hydrogens is 208 g/mol. The van der Waals surface area contributed by atoms with E-state index in [2.05, 4.69) is 43.0 Å². The minimum atomic E-state index is 0.128. The van der Waals surface area contributed by atoms with Crippen LogP contribution in [0.1, 0.15) is 45.2 Å². The van der Waals surface area contributed by atoms with Crippen LogP contribution >= 0.6 is 0 Å². The summed E-state index contributed by atoms with van der Waals surface area (Å²) < 4.78 is 0. The second-order valence-electron chi connectivity index (χ2n) is 5.53. The molecule has 0 saturated carbocycles. The van der Waals surface area contributed by atoms with Crippen molar-refractivity contribution in [3.8, 4) is 0 Å². The maximum atomic E-state index is 5.88. The highest BCUT2D eigenvalue weighted by atomic mass is 15.2. The normalized spacial score (nSPS) is 22.2. The summed E-state index contributed by atoms with van der Waals surface area (Å²) in [5.74, 6) is 0.727. The Morgan fingerprint density at radius 1 is 1.18 bits per heavy atom. The van der Waals surface area contributed by atoms with Crippen molar-refractivity contribution in [1.29, 1.82) is 0 Å². The fourth-order valence-corrected chi connectivity index (χ4v) is 2.78. The number of nitrogens with zero attached hydrogens (tertiary/aromatic N) is 1. The molecular formula is C15H24N2. The van der Waals surface area contributed by atoms with Gasteiger partial charge in [0.15, 0.2) is 0 Å². The standard InChI is InChI=1S/C15H24N2/c1-11(2)15-5-4-10-17(15)14-8-6-13(7-9-14)12(3)16/h6-9,11-12,15H,4-5,10,16H2,1-3H3/t12-,15?/m1/s1. The molecule has 94 valence electrons. The fraction of sp³-hybridized carbons (Fsp3) is 0.600. The Morgan fingerprint density at radius 2 is 1.82 bits per heavy atom. The summed E-state index contributed by atoms with van der Waals surface area (Å²) in [7, 11) is 0. The van der Waals surface area contributed by atoms with Crippen molar-refractivity contribution in [2.24, 2.45) is 11.7 Å². The second-order valence-corrected chi connectivity index (χ2v) is 5.53. The Labute approximate surface area is 105 Å². The number of anilines is 1. The predicted octanol–water partition coefficient (Wildman–Crippen LogP) is 3.33. The third-order valence-electron chi connectivity index (χ3n) is 3.82. The fourth-order valence-electron chi connectivity index (χ4n) is 2.78. The molecule has 1 aromatic rings. The van der Waals surface area contributed by atoms with Crippen LogP contribution in [0.3, 0.4) is 0 Å². The molecule has 2 atom stereocenters. The molecule has 1 aliphatic heterocycles. The Kier molecular flexibility index (Phi) is 3.72. The number of hydrogen-bond donors (Lipinski definition) is 1. The van der Waals surface area contributed by atoms with E-state index in [1.54, 1.807) is 0 Å². The topological polar surface area (TPSA) is 29.3 Å². The number of hydrogen-bond acceptors (Lipinski definition) is 2. The van der Waals surface area contributed by atoms with Gasteiger partial charge >= 0.3 is 0 Å². The maximum absolute atomic E-state index is 5.88. The van der Waals surface area contributed by atoms with Gasteiger partial charge in [0.25, 0.3) is 0 Å². The summed E-state index contributed by atoms with van der Waals surface area (Å²) in [6.45, 7) is 7.86. The average molecular weight is 232 g/mol. The molecule has 0 amide bonds. The first-order valence-corrected chi connectivity index (χ1v) is 6.72. The maximum Gasteiger partial charge on any atom is 0.0369 e. The highest BCUT2D eigenvalue weighted by molar-refractivity contribution is 5.50. The monoisotopic (exact) mass is 232 g/mol. The van der Waals surface area contributed by atoms with Crippen molar-refractivity contribution in [2.45, 2.75) is 45.7 Å². The van der Waals surface area contributed by atoms with E-state index in [1.165, 1.54) is 30.6 Å². The van der Waals surface area contributed by atoms with Gasteiger partial charge in [-0.15, -0.1) is 0 Å². The van der Waals surface area contributed by atoms with E-state index in [9.17, 15) is 0 Å². The Balaban J connectivity index is 2.16. The average Bonchev–Trinajstić information content (AvgIpc) is 2.78. The molecule has 1 fully saturated rings. The van der Waals surface area contributed by atoms with Crippen molar-refractivity contribution in [1.82, 2.24) is 0 Å². The van der Waals surface area contributed by atoms with Crippen molar-refractivity contribution in [3.63, 3.8) is 0 Å². The van der Waals surface area contributed by atoms with Crippen molar-refractivity contribution < 1.29 is 0 Å². The minimum absolute atomic E-state index is 0.128. The van der Waals surface area contributed by atoms with Crippen LogP contribution in [0.15, 0.2) is 24.3 Å². The van der Waals surface area contributed by atoms with E-state index in [0.717, 1.165) is 5.92 Å². The van der Waals surface area contributed by atoms with E-state index in [-0.39, 0.29) is 6.04 Å². The van der Waals surface area contributed by atoms with Crippen molar-refractivity contribution in [2.75, 3.05) is 11.4 Å². The van der Waals surface area contributed by atoms with E-state index in [0.29, 0.717) is 6.04 Å². The first-order chi connectivity index (χ1) is 8.09. The van der Waals surface area contributed by atoms with Crippen LogP contribution in [0.25, 0.3) is 0 Å². The second kappa shape index (κ2) is 5.09. The molecule has 1 unspecified atom stereocenters. The van der Waals surface area contributed by atoms with Gasteiger partial charge < -0.3 is 10.6 Å². The number of benzene rings is 1. The van der Waals surface area contributed by atoms with Crippen LogP contribution in [0, 0.1) is 5.92 Å². The van der Waals surface area contributed by atoms with Gasteiger partial charge in [0.1, 0.15) is 0 Å². The summed E-state index contributed by atoms with van der Waals surface area (Å²) in [6.07, 6.45) is 2.64. The highest BCUT2D eigenvalue weighted by Crippen LogP contribution is 2.30. The van der Waals surface area contributed by atoms with Crippen LogP contribution in [-0.4, -0.2) is 12.6 Å². The molecule has 1 saturated heterocycles. The largest absolute Gasteiger partial charge is 0.368 e. The van der Waals surface area contributed by atoms with E-state index >= 15 is 0 Å². The summed E-state index contributed by atoms with van der Waals surface area (Å²) >= 11 is 0. The third kappa shape index (κ3) is 2.63. The van der Waals surface area contributed by atoms with E-state index in [1.807, 2.05) is 6.92 Å². The quantitative estimate of drug-likeness (QED) is 0.866. The molecule has 0 bridgehead atoms. The van der Waals surface area contributed by atoms with Gasteiger partial charge in [-0.3, -0.25) is 0 Å². The summed E-state index contributed by atoms with van der Waals surface area (Å²) in [5.41, 5.74) is 8.45. The van der Waals surface area contributed by atoms with Crippen LogP contribution in [0.4, 0.5) is 5.69 Å². The van der Waals surface area contributed by atoms with Gasteiger partial charge in [0.2, 0.25) is 0 Å². The third-order valence-corrected chi connectivity index (χ3v) is 3.82. The molecule has 0 aliphatic carbocycles. The number of rotatable bonds is 3. The minimum Gasteiger partial charge on any atom is -0.368 e. The molecule has 0 spiro atoms. The van der Waals surface area contributed by atoms with E-state index in [4.69, 9.17) is 5.73 Å². The van der Waals surface area contributed by atoms with Crippen molar-refractivity contribution >= 4 is 5.69 Å².